The number of carbonyl (C=O) groups is 1. The highest BCUT2D eigenvalue weighted by atomic mass is 16.4. The maximum Gasteiger partial charge on any atom is 0.407 e. The molecule has 0 saturated carbocycles. The number of piperazine rings is 1. The predicted octanol–water partition coefficient (Wildman–Crippen LogP) is 1.72. The fourth-order valence-corrected chi connectivity index (χ4v) is 1.77. The van der Waals surface area contributed by atoms with Gasteiger partial charge in [0.1, 0.15) is 0 Å². The minimum Gasteiger partial charge on any atom is -0.465 e. The van der Waals surface area contributed by atoms with E-state index >= 15 is 0 Å². The number of hydrogen-bond acceptors (Lipinski definition) is 2. The summed E-state index contributed by atoms with van der Waals surface area (Å²) >= 11 is 0. The van der Waals surface area contributed by atoms with E-state index in [1.165, 1.54) is 17.7 Å². The quantitative estimate of drug-likeness (QED) is 0.775. The monoisotopic (exact) mass is 214 g/mol. The lowest BCUT2D eigenvalue weighted by Gasteiger charge is -2.33. The Morgan fingerprint density at radius 1 is 1.33 bits per heavy atom. The molecule has 1 aliphatic heterocycles. The highest BCUT2D eigenvalue weighted by Gasteiger charge is 2.19. The van der Waals surface area contributed by atoms with Crippen molar-refractivity contribution in [2.24, 2.45) is 5.92 Å². The maximum absolute atomic E-state index is 10.7. The van der Waals surface area contributed by atoms with E-state index in [0.29, 0.717) is 13.1 Å². The van der Waals surface area contributed by atoms with Crippen LogP contribution in [0.3, 0.4) is 0 Å². The molecule has 1 aliphatic rings. The fraction of sp³-hybridized carbons (Fsp3) is 0.909. The van der Waals surface area contributed by atoms with E-state index in [9.17, 15) is 4.79 Å². The molecule has 0 bridgehead atoms. The minimum atomic E-state index is -0.781. The third-order valence-electron chi connectivity index (χ3n) is 3.28. The summed E-state index contributed by atoms with van der Waals surface area (Å²) in [4.78, 5) is 14.5. The van der Waals surface area contributed by atoms with Gasteiger partial charge in [-0.05, 0) is 18.9 Å². The van der Waals surface area contributed by atoms with Gasteiger partial charge in [0.25, 0.3) is 0 Å². The minimum absolute atomic E-state index is 0.663. The van der Waals surface area contributed by atoms with Crippen molar-refractivity contribution in [2.75, 3.05) is 32.7 Å². The first kappa shape index (κ1) is 12.3. The standard InChI is InChI=1S/C11H22N2O2/c1-3-10(2)4-5-12-6-8-13(9-7-12)11(14)15/h10H,3-9H2,1-2H3,(H,14,15). The normalized spacial score (nSPS) is 20.3. The van der Waals surface area contributed by atoms with Crippen LogP contribution < -0.4 is 0 Å². The second kappa shape index (κ2) is 5.95. The second-order valence-electron chi connectivity index (χ2n) is 4.41. The van der Waals surface area contributed by atoms with Crippen molar-refractivity contribution < 1.29 is 9.90 Å². The Labute approximate surface area is 91.9 Å². The SMILES string of the molecule is CCC(C)CCN1CCN(C(=O)O)CC1. The number of nitrogens with zero attached hydrogens (tertiary/aromatic N) is 2. The third kappa shape index (κ3) is 4.08. The van der Waals surface area contributed by atoms with E-state index in [2.05, 4.69) is 18.7 Å². The van der Waals surface area contributed by atoms with Crippen LogP contribution in [0.4, 0.5) is 4.79 Å². The van der Waals surface area contributed by atoms with Gasteiger partial charge in [-0.25, -0.2) is 4.79 Å². The first-order chi connectivity index (χ1) is 7.13. The highest BCUT2D eigenvalue weighted by molar-refractivity contribution is 5.65. The molecule has 0 spiro atoms. The average molecular weight is 214 g/mol. The van der Waals surface area contributed by atoms with Gasteiger partial charge in [-0.2, -0.15) is 0 Å². The number of carboxylic acid groups (broad SMARTS) is 1. The van der Waals surface area contributed by atoms with Gasteiger partial charge in [0.05, 0.1) is 0 Å². The highest BCUT2D eigenvalue weighted by Crippen LogP contribution is 2.09. The Morgan fingerprint density at radius 2 is 1.93 bits per heavy atom. The van der Waals surface area contributed by atoms with Crippen molar-refractivity contribution in [3.63, 3.8) is 0 Å². The van der Waals surface area contributed by atoms with E-state index in [4.69, 9.17) is 5.11 Å². The zero-order chi connectivity index (χ0) is 11.3. The van der Waals surface area contributed by atoms with E-state index < -0.39 is 6.09 Å². The lowest BCUT2D eigenvalue weighted by Crippen LogP contribution is -2.48. The molecule has 1 rings (SSSR count). The van der Waals surface area contributed by atoms with Gasteiger partial charge in [-0.3, -0.25) is 4.90 Å². The van der Waals surface area contributed by atoms with Crippen molar-refractivity contribution in [1.29, 1.82) is 0 Å². The van der Waals surface area contributed by atoms with Crippen molar-refractivity contribution in [2.45, 2.75) is 26.7 Å². The van der Waals surface area contributed by atoms with Gasteiger partial charge in [0.2, 0.25) is 0 Å². The lowest BCUT2D eigenvalue weighted by atomic mass is 10.1. The van der Waals surface area contributed by atoms with Crippen molar-refractivity contribution >= 4 is 6.09 Å². The van der Waals surface area contributed by atoms with Crippen LogP contribution in [-0.4, -0.2) is 53.7 Å². The Bertz CT molecular complexity index is 201. The van der Waals surface area contributed by atoms with Crippen molar-refractivity contribution in [1.82, 2.24) is 9.80 Å². The van der Waals surface area contributed by atoms with Gasteiger partial charge in [0, 0.05) is 26.2 Å². The van der Waals surface area contributed by atoms with Crippen LogP contribution in [0.25, 0.3) is 0 Å². The second-order valence-corrected chi connectivity index (χ2v) is 4.41. The van der Waals surface area contributed by atoms with Crippen LogP contribution in [0.1, 0.15) is 26.7 Å². The third-order valence-corrected chi connectivity index (χ3v) is 3.28. The molecule has 4 heteroatoms. The molecule has 0 aromatic carbocycles. The van der Waals surface area contributed by atoms with Gasteiger partial charge in [-0.15, -0.1) is 0 Å². The predicted molar refractivity (Wildman–Crippen MR) is 60.1 cm³/mol. The summed E-state index contributed by atoms with van der Waals surface area (Å²) in [6.07, 6.45) is 1.68. The first-order valence-electron chi connectivity index (χ1n) is 5.83. The van der Waals surface area contributed by atoms with Crippen LogP contribution in [0, 0.1) is 5.92 Å². The summed E-state index contributed by atoms with van der Waals surface area (Å²) in [5.74, 6) is 0.780. The molecule has 1 heterocycles. The zero-order valence-corrected chi connectivity index (χ0v) is 9.78. The number of hydrogen-bond donors (Lipinski definition) is 1. The van der Waals surface area contributed by atoms with E-state index in [1.54, 1.807) is 0 Å². The first-order valence-corrected chi connectivity index (χ1v) is 5.83. The van der Waals surface area contributed by atoms with Crippen LogP contribution in [-0.2, 0) is 0 Å². The Balaban J connectivity index is 2.17. The van der Waals surface area contributed by atoms with Crippen LogP contribution >= 0.6 is 0 Å². The molecular weight excluding hydrogens is 192 g/mol. The molecule has 0 aromatic rings. The molecule has 1 atom stereocenters. The van der Waals surface area contributed by atoms with E-state index in [1.807, 2.05) is 0 Å². The van der Waals surface area contributed by atoms with E-state index in [-0.39, 0.29) is 0 Å². The molecule has 1 fully saturated rings. The molecule has 0 radical (unpaired) electrons. The fourth-order valence-electron chi connectivity index (χ4n) is 1.77. The van der Waals surface area contributed by atoms with Gasteiger partial charge in [-0.1, -0.05) is 20.3 Å². The number of amides is 1. The molecule has 88 valence electrons. The average Bonchev–Trinajstić information content (AvgIpc) is 2.26. The summed E-state index contributed by atoms with van der Waals surface area (Å²) in [6, 6.07) is 0. The van der Waals surface area contributed by atoms with Gasteiger partial charge >= 0.3 is 6.09 Å². The lowest BCUT2D eigenvalue weighted by molar-refractivity contribution is 0.103. The zero-order valence-electron chi connectivity index (χ0n) is 9.78. The van der Waals surface area contributed by atoms with Crippen molar-refractivity contribution in [3.8, 4) is 0 Å². The molecule has 4 nitrogen and oxygen atoms in total. The molecule has 1 unspecified atom stereocenters. The number of rotatable bonds is 4. The van der Waals surface area contributed by atoms with Crippen LogP contribution in [0.2, 0.25) is 0 Å². The topological polar surface area (TPSA) is 43.8 Å². The smallest absolute Gasteiger partial charge is 0.407 e. The van der Waals surface area contributed by atoms with Gasteiger partial charge in [0.15, 0.2) is 0 Å². The summed E-state index contributed by atoms with van der Waals surface area (Å²) in [7, 11) is 0. The summed E-state index contributed by atoms with van der Waals surface area (Å²) in [5, 5.41) is 8.79. The molecular formula is C11H22N2O2. The molecule has 1 amide bonds. The molecule has 1 saturated heterocycles. The van der Waals surface area contributed by atoms with Crippen LogP contribution in [0.5, 0.6) is 0 Å². The Morgan fingerprint density at radius 3 is 2.40 bits per heavy atom. The summed E-state index contributed by atoms with van der Waals surface area (Å²) in [6.45, 7) is 8.71. The largest absolute Gasteiger partial charge is 0.465 e. The van der Waals surface area contributed by atoms with Gasteiger partial charge < -0.3 is 10.0 Å². The molecule has 1 N–H and O–H groups in total. The van der Waals surface area contributed by atoms with E-state index in [0.717, 1.165) is 25.6 Å². The molecule has 0 aliphatic carbocycles. The Kier molecular flexibility index (Phi) is 4.88. The van der Waals surface area contributed by atoms with Crippen LogP contribution in [0.15, 0.2) is 0 Å². The maximum atomic E-state index is 10.7. The summed E-state index contributed by atoms with van der Waals surface area (Å²) in [5.41, 5.74) is 0. The van der Waals surface area contributed by atoms with Crippen molar-refractivity contribution in [3.05, 3.63) is 0 Å². The molecule has 0 aromatic heterocycles. The Hall–Kier alpha value is -0.770. The summed E-state index contributed by atoms with van der Waals surface area (Å²) < 4.78 is 0. The molecule has 15 heavy (non-hydrogen) atoms.